The molecule has 2 nitrogen and oxygen atoms in total. The Kier molecular flexibility index (Phi) is 4.55. The van der Waals surface area contributed by atoms with E-state index < -0.39 is 5.24 Å². The van der Waals surface area contributed by atoms with E-state index in [2.05, 4.69) is 6.07 Å². The lowest BCUT2D eigenvalue weighted by Crippen LogP contribution is -2.05. The highest BCUT2D eigenvalue weighted by Crippen LogP contribution is 2.23. The molecule has 0 aliphatic heterocycles. The van der Waals surface area contributed by atoms with E-state index in [-0.39, 0.29) is 5.92 Å². The van der Waals surface area contributed by atoms with E-state index >= 15 is 0 Å². The van der Waals surface area contributed by atoms with Gasteiger partial charge in [-0.2, -0.15) is 5.26 Å². The Morgan fingerprint density at radius 2 is 1.85 bits per heavy atom. The fourth-order valence-electron chi connectivity index (χ4n) is 2.15. The van der Waals surface area contributed by atoms with Crippen LogP contribution < -0.4 is 0 Å². The lowest BCUT2D eigenvalue weighted by Gasteiger charge is -2.12. The number of carbonyl (C=O) groups excluding carboxylic acids is 1. The van der Waals surface area contributed by atoms with Crippen molar-refractivity contribution in [3.05, 3.63) is 70.8 Å². The molecule has 100 valence electrons. The predicted octanol–water partition coefficient (Wildman–Crippen LogP) is 4.22. The van der Waals surface area contributed by atoms with Gasteiger partial charge in [0.05, 0.1) is 12.0 Å². The minimum absolute atomic E-state index is 0.284. The fourth-order valence-corrected chi connectivity index (χ4v) is 2.33. The van der Waals surface area contributed by atoms with E-state index in [1.165, 1.54) is 0 Å². The van der Waals surface area contributed by atoms with Crippen LogP contribution in [0.1, 0.15) is 33.0 Å². The van der Waals surface area contributed by atoms with Gasteiger partial charge in [0.15, 0.2) is 0 Å². The summed E-state index contributed by atoms with van der Waals surface area (Å²) in [4.78, 5) is 11.4. The number of rotatable bonds is 4. The number of hydrogen-bond acceptors (Lipinski definition) is 2. The predicted molar refractivity (Wildman–Crippen MR) is 79.9 cm³/mol. The van der Waals surface area contributed by atoms with Gasteiger partial charge in [0, 0.05) is 5.56 Å². The molecule has 0 spiro atoms. The van der Waals surface area contributed by atoms with Crippen molar-refractivity contribution >= 4 is 16.8 Å². The molecule has 2 aromatic rings. The smallest absolute Gasteiger partial charge is 0.252 e. The highest BCUT2D eigenvalue weighted by atomic mass is 35.5. The van der Waals surface area contributed by atoms with E-state index in [1.807, 2.05) is 43.3 Å². The number of carbonyl (C=O) groups is 1. The fraction of sp³-hybridized carbons (Fsp3) is 0.176. The standard InChI is InChI=1S/C17H14ClNO/c1-12-6-8-13(9-7-12)15(11-19)10-14-4-2-3-5-16(14)17(18)20/h2-9,15H,10H2,1H3. The third-order valence-electron chi connectivity index (χ3n) is 3.29. The average Bonchev–Trinajstić information content (AvgIpc) is 2.46. The molecule has 20 heavy (non-hydrogen) atoms. The Labute approximate surface area is 123 Å². The topological polar surface area (TPSA) is 40.9 Å². The van der Waals surface area contributed by atoms with Crippen LogP contribution in [0.2, 0.25) is 0 Å². The van der Waals surface area contributed by atoms with Crippen LogP contribution in [0.4, 0.5) is 0 Å². The molecular formula is C17H14ClNO. The summed E-state index contributed by atoms with van der Waals surface area (Å²) in [5, 5.41) is 8.89. The summed E-state index contributed by atoms with van der Waals surface area (Å²) in [5.74, 6) is -0.284. The zero-order valence-corrected chi connectivity index (χ0v) is 11.9. The Bertz CT molecular complexity index is 655. The lowest BCUT2D eigenvalue weighted by atomic mass is 9.91. The second-order valence-corrected chi connectivity index (χ2v) is 5.07. The molecule has 2 rings (SSSR count). The first-order chi connectivity index (χ1) is 9.61. The second kappa shape index (κ2) is 6.36. The SMILES string of the molecule is Cc1ccc(C(C#N)Cc2ccccc2C(=O)Cl)cc1. The minimum Gasteiger partial charge on any atom is -0.276 e. The van der Waals surface area contributed by atoms with Crippen molar-refractivity contribution < 1.29 is 4.79 Å². The normalized spacial score (nSPS) is 11.7. The first-order valence-electron chi connectivity index (χ1n) is 6.35. The van der Waals surface area contributed by atoms with Gasteiger partial charge in [-0.1, -0.05) is 48.0 Å². The van der Waals surface area contributed by atoms with Gasteiger partial charge in [-0.15, -0.1) is 0 Å². The lowest BCUT2D eigenvalue weighted by molar-refractivity contribution is 0.108. The van der Waals surface area contributed by atoms with Gasteiger partial charge in [-0.3, -0.25) is 4.79 Å². The molecule has 0 saturated carbocycles. The van der Waals surface area contributed by atoms with E-state index in [1.54, 1.807) is 12.1 Å². The number of nitriles is 1. The molecule has 0 heterocycles. The summed E-state index contributed by atoms with van der Waals surface area (Å²) in [6, 6.07) is 17.3. The van der Waals surface area contributed by atoms with Crippen LogP contribution in [0, 0.1) is 18.3 Å². The van der Waals surface area contributed by atoms with Gasteiger partial charge in [-0.05, 0) is 42.1 Å². The monoisotopic (exact) mass is 283 g/mol. The van der Waals surface area contributed by atoms with E-state index in [9.17, 15) is 10.1 Å². The van der Waals surface area contributed by atoms with Gasteiger partial charge >= 0.3 is 0 Å². The summed E-state index contributed by atoms with van der Waals surface area (Å²) < 4.78 is 0. The summed E-state index contributed by atoms with van der Waals surface area (Å²) in [6.45, 7) is 2.01. The van der Waals surface area contributed by atoms with Crippen molar-refractivity contribution in [2.45, 2.75) is 19.3 Å². The maximum Gasteiger partial charge on any atom is 0.252 e. The van der Waals surface area contributed by atoms with Gasteiger partial charge in [0.2, 0.25) is 0 Å². The number of hydrogen-bond donors (Lipinski definition) is 0. The molecule has 0 fully saturated rings. The van der Waals surface area contributed by atoms with E-state index in [0.717, 1.165) is 16.7 Å². The molecule has 0 aliphatic carbocycles. The van der Waals surface area contributed by atoms with Crippen LogP contribution in [-0.2, 0) is 6.42 Å². The third-order valence-corrected chi connectivity index (χ3v) is 3.49. The highest BCUT2D eigenvalue weighted by Gasteiger charge is 2.15. The molecule has 1 unspecified atom stereocenters. The van der Waals surface area contributed by atoms with Gasteiger partial charge < -0.3 is 0 Å². The summed E-state index contributed by atoms with van der Waals surface area (Å²) in [7, 11) is 0. The molecule has 0 aliphatic rings. The average molecular weight is 284 g/mol. The largest absolute Gasteiger partial charge is 0.276 e. The Hall–Kier alpha value is -2.11. The highest BCUT2D eigenvalue weighted by molar-refractivity contribution is 6.67. The molecule has 0 bridgehead atoms. The summed E-state index contributed by atoms with van der Waals surface area (Å²) in [5.41, 5.74) is 3.39. The first-order valence-corrected chi connectivity index (χ1v) is 6.73. The maximum atomic E-state index is 11.4. The second-order valence-electron chi connectivity index (χ2n) is 4.73. The van der Waals surface area contributed by atoms with Gasteiger partial charge in [0.25, 0.3) is 5.24 Å². The third kappa shape index (κ3) is 3.26. The molecular weight excluding hydrogens is 270 g/mol. The van der Waals surface area contributed by atoms with Crippen LogP contribution in [0.15, 0.2) is 48.5 Å². The van der Waals surface area contributed by atoms with Crippen molar-refractivity contribution in [1.82, 2.24) is 0 Å². The van der Waals surface area contributed by atoms with Crippen molar-refractivity contribution in [2.75, 3.05) is 0 Å². The minimum atomic E-state index is -0.485. The zero-order valence-electron chi connectivity index (χ0n) is 11.1. The summed E-state index contributed by atoms with van der Waals surface area (Å²) in [6.07, 6.45) is 0.480. The van der Waals surface area contributed by atoms with Crippen LogP contribution >= 0.6 is 11.6 Å². The molecule has 0 saturated heterocycles. The van der Waals surface area contributed by atoms with Crippen LogP contribution in [0.3, 0.4) is 0 Å². The molecule has 3 heteroatoms. The number of halogens is 1. The maximum absolute atomic E-state index is 11.4. The zero-order chi connectivity index (χ0) is 14.5. The van der Waals surface area contributed by atoms with Crippen molar-refractivity contribution in [3.8, 4) is 6.07 Å². The summed E-state index contributed by atoms with van der Waals surface area (Å²) >= 11 is 5.58. The van der Waals surface area contributed by atoms with Crippen molar-refractivity contribution in [2.24, 2.45) is 0 Å². The van der Waals surface area contributed by atoms with Gasteiger partial charge in [0.1, 0.15) is 0 Å². The Balaban J connectivity index is 2.30. The first kappa shape index (κ1) is 14.3. The van der Waals surface area contributed by atoms with Crippen molar-refractivity contribution in [1.29, 1.82) is 5.26 Å². The van der Waals surface area contributed by atoms with Crippen LogP contribution in [0.5, 0.6) is 0 Å². The Morgan fingerprint density at radius 1 is 1.20 bits per heavy atom. The number of nitrogens with zero attached hydrogens (tertiary/aromatic N) is 1. The molecule has 1 atom stereocenters. The molecule has 0 amide bonds. The number of aryl methyl sites for hydroxylation is 1. The Morgan fingerprint density at radius 3 is 2.45 bits per heavy atom. The van der Waals surface area contributed by atoms with Crippen molar-refractivity contribution in [3.63, 3.8) is 0 Å². The van der Waals surface area contributed by atoms with Crippen LogP contribution in [-0.4, -0.2) is 5.24 Å². The van der Waals surface area contributed by atoms with Gasteiger partial charge in [-0.25, -0.2) is 0 Å². The van der Waals surface area contributed by atoms with E-state index in [0.29, 0.717) is 12.0 Å². The molecule has 0 N–H and O–H groups in total. The number of benzene rings is 2. The van der Waals surface area contributed by atoms with Crippen LogP contribution in [0.25, 0.3) is 0 Å². The molecule has 0 aromatic heterocycles. The quantitative estimate of drug-likeness (QED) is 0.788. The van der Waals surface area contributed by atoms with E-state index in [4.69, 9.17) is 11.6 Å². The molecule has 0 radical (unpaired) electrons. The molecule has 2 aromatic carbocycles.